The molecule has 0 spiro atoms. The number of hydrogen-bond donors (Lipinski definition) is 1. The molecule has 5 nitrogen and oxygen atoms in total. The number of carbonyl (C=O) groups is 1. The Morgan fingerprint density at radius 1 is 1.43 bits per heavy atom. The van der Waals surface area contributed by atoms with Crippen molar-refractivity contribution in [2.45, 2.75) is 13.0 Å². The summed E-state index contributed by atoms with van der Waals surface area (Å²) in [5.41, 5.74) is 1.53. The lowest BCUT2D eigenvalue weighted by atomic mass is 9.88. The number of pyridine rings is 1. The van der Waals surface area contributed by atoms with Crippen LogP contribution in [-0.2, 0) is 11.3 Å². The number of ether oxygens (including phenoxy) is 1. The molecule has 1 aromatic rings. The molecule has 0 amide bonds. The molecular formula is C15H22ClN3O2. The van der Waals surface area contributed by atoms with Gasteiger partial charge in [-0.3, -0.25) is 9.88 Å². The summed E-state index contributed by atoms with van der Waals surface area (Å²) >= 11 is 0. The fourth-order valence-electron chi connectivity index (χ4n) is 3.24. The molecule has 1 N–H and O–H groups in total. The minimum atomic E-state index is -0.332. The number of rotatable bonds is 3. The Labute approximate surface area is 131 Å². The summed E-state index contributed by atoms with van der Waals surface area (Å²) in [6.07, 6.45) is 2.88. The van der Waals surface area contributed by atoms with Crippen molar-refractivity contribution in [1.29, 1.82) is 0 Å². The summed E-state index contributed by atoms with van der Waals surface area (Å²) in [4.78, 5) is 18.2. The van der Waals surface area contributed by atoms with Crippen LogP contribution in [0, 0.1) is 11.8 Å². The summed E-state index contributed by atoms with van der Waals surface area (Å²) in [7, 11) is 1.38. The number of aromatic nitrogens is 1. The molecule has 0 saturated carbocycles. The van der Waals surface area contributed by atoms with E-state index in [0.29, 0.717) is 5.56 Å². The fraction of sp³-hybridized carbons (Fsp3) is 0.600. The number of carbonyl (C=O) groups excluding carboxylic acids is 1. The number of piperidine rings is 1. The molecule has 2 saturated heterocycles. The maximum Gasteiger partial charge on any atom is 0.339 e. The monoisotopic (exact) mass is 311 g/mol. The minimum Gasteiger partial charge on any atom is -0.465 e. The Kier molecular flexibility index (Phi) is 5.56. The van der Waals surface area contributed by atoms with E-state index in [0.717, 1.165) is 43.7 Å². The zero-order valence-electron chi connectivity index (χ0n) is 12.2. The van der Waals surface area contributed by atoms with Crippen LogP contribution in [0.2, 0.25) is 0 Å². The third-order valence-electron chi connectivity index (χ3n) is 4.42. The number of hydrogen-bond acceptors (Lipinski definition) is 5. The van der Waals surface area contributed by atoms with E-state index in [-0.39, 0.29) is 18.4 Å². The average molecular weight is 312 g/mol. The molecule has 0 aliphatic carbocycles. The van der Waals surface area contributed by atoms with Crippen molar-refractivity contribution in [3.05, 3.63) is 29.6 Å². The third kappa shape index (κ3) is 3.73. The predicted octanol–water partition coefficient (Wildman–Crippen LogP) is 1.33. The Morgan fingerprint density at radius 2 is 2.24 bits per heavy atom. The molecule has 3 heterocycles. The number of nitrogens with one attached hydrogen (secondary N) is 1. The number of esters is 1. The van der Waals surface area contributed by atoms with Gasteiger partial charge in [0.1, 0.15) is 0 Å². The Bertz CT molecular complexity index is 480. The Hall–Kier alpha value is -1.17. The van der Waals surface area contributed by atoms with Crippen LogP contribution in [0.25, 0.3) is 0 Å². The van der Waals surface area contributed by atoms with Crippen LogP contribution in [0.3, 0.4) is 0 Å². The molecule has 2 atom stereocenters. The van der Waals surface area contributed by atoms with E-state index < -0.39 is 0 Å². The summed E-state index contributed by atoms with van der Waals surface area (Å²) in [6, 6.07) is 3.71. The number of fused-ring (bicyclic) bond motifs is 1. The van der Waals surface area contributed by atoms with Gasteiger partial charge in [0.2, 0.25) is 0 Å². The van der Waals surface area contributed by atoms with Gasteiger partial charge in [-0.2, -0.15) is 0 Å². The quantitative estimate of drug-likeness (QED) is 0.854. The van der Waals surface area contributed by atoms with E-state index in [4.69, 9.17) is 0 Å². The van der Waals surface area contributed by atoms with Crippen LogP contribution in [0.5, 0.6) is 0 Å². The lowest BCUT2D eigenvalue weighted by Gasteiger charge is -2.34. The molecule has 0 bridgehead atoms. The van der Waals surface area contributed by atoms with Crippen LogP contribution in [0.4, 0.5) is 0 Å². The highest BCUT2D eigenvalue weighted by Gasteiger charge is 2.32. The first kappa shape index (κ1) is 16.2. The molecule has 1 aromatic heterocycles. The smallest absolute Gasteiger partial charge is 0.339 e. The van der Waals surface area contributed by atoms with Crippen molar-refractivity contribution in [3.8, 4) is 0 Å². The summed E-state index contributed by atoms with van der Waals surface area (Å²) in [5.74, 6) is 1.32. The highest BCUT2D eigenvalue weighted by molar-refractivity contribution is 5.88. The molecule has 3 rings (SSSR count). The van der Waals surface area contributed by atoms with Gasteiger partial charge in [0.15, 0.2) is 0 Å². The van der Waals surface area contributed by atoms with Crippen molar-refractivity contribution >= 4 is 18.4 Å². The normalized spacial score (nSPS) is 25.0. The maximum atomic E-state index is 11.4. The van der Waals surface area contributed by atoms with Gasteiger partial charge in [0.25, 0.3) is 0 Å². The van der Waals surface area contributed by atoms with Gasteiger partial charge in [-0.1, -0.05) is 0 Å². The summed E-state index contributed by atoms with van der Waals surface area (Å²) in [6.45, 7) is 5.49. The zero-order valence-corrected chi connectivity index (χ0v) is 13.1. The van der Waals surface area contributed by atoms with E-state index in [1.807, 2.05) is 6.07 Å². The maximum absolute atomic E-state index is 11.4. The average Bonchev–Trinajstić information content (AvgIpc) is 2.95. The first-order chi connectivity index (χ1) is 9.76. The molecule has 0 aromatic carbocycles. The van der Waals surface area contributed by atoms with Crippen molar-refractivity contribution in [3.63, 3.8) is 0 Å². The van der Waals surface area contributed by atoms with E-state index in [2.05, 4.69) is 19.9 Å². The lowest BCUT2D eigenvalue weighted by molar-refractivity contribution is 0.0600. The van der Waals surface area contributed by atoms with Crippen molar-refractivity contribution in [1.82, 2.24) is 15.2 Å². The molecule has 2 aliphatic rings. The van der Waals surface area contributed by atoms with Crippen molar-refractivity contribution in [2.75, 3.05) is 33.3 Å². The number of nitrogens with zero attached hydrogens (tertiary/aromatic N) is 2. The molecular weight excluding hydrogens is 290 g/mol. The van der Waals surface area contributed by atoms with Gasteiger partial charge in [0.05, 0.1) is 18.4 Å². The van der Waals surface area contributed by atoms with Gasteiger partial charge >= 0.3 is 5.97 Å². The Morgan fingerprint density at radius 3 is 2.95 bits per heavy atom. The summed E-state index contributed by atoms with van der Waals surface area (Å²) < 4.78 is 4.68. The van der Waals surface area contributed by atoms with Crippen molar-refractivity contribution < 1.29 is 9.53 Å². The molecule has 21 heavy (non-hydrogen) atoms. The first-order valence-corrected chi connectivity index (χ1v) is 7.22. The predicted molar refractivity (Wildman–Crippen MR) is 82.6 cm³/mol. The van der Waals surface area contributed by atoms with Crippen LogP contribution >= 0.6 is 12.4 Å². The van der Waals surface area contributed by atoms with Crippen LogP contribution in [-0.4, -0.2) is 49.1 Å². The molecule has 6 heteroatoms. The minimum absolute atomic E-state index is 0. The van der Waals surface area contributed by atoms with Crippen molar-refractivity contribution in [2.24, 2.45) is 11.8 Å². The Balaban J connectivity index is 0.00000161. The van der Waals surface area contributed by atoms with Gasteiger partial charge < -0.3 is 10.1 Å². The molecule has 2 fully saturated rings. The second-order valence-electron chi connectivity index (χ2n) is 5.73. The largest absolute Gasteiger partial charge is 0.465 e. The second-order valence-corrected chi connectivity index (χ2v) is 5.73. The van der Waals surface area contributed by atoms with Gasteiger partial charge in [-0.15, -0.1) is 12.4 Å². The fourth-order valence-corrected chi connectivity index (χ4v) is 3.24. The second kappa shape index (κ2) is 7.20. The van der Waals surface area contributed by atoms with Crippen LogP contribution in [0.15, 0.2) is 18.3 Å². The van der Waals surface area contributed by atoms with E-state index in [1.54, 1.807) is 12.3 Å². The van der Waals surface area contributed by atoms with E-state index >= 15 is 0 Å². The van der Waals surface area contributed by atoms with Gasteiger partial charge in [-0.25, -0.2) is 4.79 Å². The lowest BCUT2D eigenvalue weighted by Crippen LogP contribution is -2.39. The third-order valence-corrected chi connectivity index (χ3v) is 4.42. The molecule has 2 aliphatic heterocycles. The first-order valence-electron chi connectivity index (χ1n) is 7.22. The zero-order chi connectivity index (χ0) is 13.9. The summed E-state index contributed by atoms with van der Waals surface area (Å²) in [5, 5.41) is 3.48. The topological polar surface area (TPSA) is 54.5 Å². The molecule has 0 radical (unpaired) electrons. The molecule has 2 unspecified atom stereocenters. The number of methoxy groups -OCH3 is 1. The standard InChI is InChI=1S/C15H21N3O2.ClH/c1-20-15(19)12-2-3-14(17-8-12)10-18-5-4-11-6-16-7-13(11)9-18;/h2-3,8,11,13,16H,4-7,9-10H2,1H3;1H. The molecule has 116 valence electrons. The highest BCUT2D eigenvalue weighted by atomic mass is 35.5. The van der Waals surface area contributed by atoms with E-state index in [9.17, 15) is 4.79 Å². The van der Waals surface area contributed by atoms with Gasteiger partial charge in [-0.05, 0) is 50.0 Å². The van der Waals surface area contributed by atoms with Crippen LogP contribution in [0.1, 0.15) is 22.5 Å². The number of halogens is 1. The van der Waals surface area contributed by atoms with E-state index in [1.165, 1.54) is 20.1 Å². The number of likely N-dealkylation sites (tertiary alicyclic amines) is 1. The van der Waals surface area contributed by atoms with Crippen LogP contribution < -0.4 is 5.32 Å². The highest BCUT2D eigenvalue weighted by Crippen LogP contribution is 2.27. The SMILES string of the molecule is COC(=O)c1ccc(CN2CCC3CNCC3C2)nc1.Cl. The van der Waals surface area contributed by atoms with Gasteiger partial charge in [0, 0.05) is 19.3 Å².